The van der Waals surface area contributed by atoms with Crippen LogP contribution in [0.3, 0.4) is 0 Å². The number of carbonyl (C=O) groups is 2. The predicted octanol–water partition coefficient (Wildman–Crippen LogP) is 2.53. The molecule has 1 aliphatic heterocycles. The Bertz CT molecular complexity index is 782. The zero-order valence-corrected chi connectivity index (χ0v) is 15.5. The van der Waals surface area contributed by atoms with Gasteiger partial charge in [0.1, 0.15) is 0 Å². The molecule has 0 saturated carbocycles. The summed E-state index contributed by atoms with van der Waals surface area (Å²) in [6.45, 7) is 1.45. The summed E-state index contributed by atoms with van der Waals surface area (Å²) in [5.41, 5.74) is 1.38. The number of aromatic nitrogens is 2. The molecule has 1 aliphatic rings. The number of carbonyl (C=O) groups excluding carboxylic acids is 2. The highest BCUT2D eigenvalue weighted by Crippen LogP contribution is 2.23. The van der Waals surface area contributed by atoms with Crippen LogP contribution in [0.2, 0.25) is 0 Å². The molecule has 1 N–H and O–H groups in total. The molecule has 0 spiro atoms. The van der Waals surface area contributed by atoms with Gasteiger partial charge in [-0.1, -0.05) is 0 Å². The van der Waals surface area contributed by atoms with Crippen molar-refractivity contribution in [3.8, 4) is 0 Å². The second-order valence-corrected chi connectivity index (χ2v) is 6.40. The molecule has 2 amide bonds. The van der Waals surface area contributed by atoms with Crippen LogP contribution in [0.25, 0.3) is 0 Å². The Balaban J connectivity index is 1.60. The van der Waals surface area contributed by atoms with Gasteiger partial charge in [0.15, 0.2) is 0 Å². The number of anilines is 3. The van der Waals surface area contributed by atoms with E-state index in [1.165, 1.54) is 12.0 Å². The number of rotatable bonds is 4. The van der Waals surface area contributed by atoms with Crippen molar-refractivity contribution >= 4 is 29.3 Å². The summed E-state index contributed by atoms with van der Waals surface area (Å²) in [5, 5.41) is 2.95. The monoisotopic (exact) mass is 369 g/mol. The van der Waals surface area contributed by atoms with Crippen molar-refractivity contribution in [3.05, 3.63) is 42.7 Å². The van der Waals surface area contributed by atoms with Gasteiger partial charge in [0.05, 0.1) is 13.0 Å². The average Bonchev–Trinajstić information content (AvgIpc) is 2.74. The van der Waals surface area contributed by atoms with Crippen LogP contribution in [0, 0.1) is 5.92 Å². The molecule has 27 heavy (non-hydrogen) atoms. The number of nitrogens with one attached hydrogen (secondary N) is 1. The van der Waals surface area contributed by atoms with E-state index >= 15 is 0 Å². The highest BCUT2D eigenvalue weighted by atomic mass is 16.5. The van der Waals surface area contributed by atoms with Gasteiger partial charge in [-0.15, -0.1) is 0 Å². The molecule has 1 aromatic heterocycles. The van der Waals surface area contributed by atoms with Gasteiger partial charge in [-0.3, -0.25) is 9.69 Å². The van der Waals surface area contributed by atoms with E-state index < -0.39 is 6.09 Å². The molecule has 2 heterocycles. The normalized spacial score (nSPS) is 16.5. The van der Waals surface area contributed by atoms with Crippen LogP contribution in [0.5, 0.6) is 0 Å². The SMILES string of the molecule is COC(=O)N(C)c1ccc(NC(=O)C2CCCN(c3ncccn3)C2)cc1. The van der Waals surface area contributed by atoms with Crippen molar-refractivity contribution in [1.29, 1.82) is 0 Å². The number of hydrogen-bond acceptors (Lipinski definition) is 6. The van der Waals surface area contributed by atoms with E-state index in [9.17, 15) is 9.59 Å². The Kier molecular flexibility index (Phi) is 5.85. The lowest BCUT2D eigenvalue weighted by molar-refractivity contribution is -0.120. The number of benzene rings is 1. The summed E-state index contributed by atoms with van der Waals surface area (Å²) in [4.78, 5) is 36.2. The van der Waals surface area contributed by atoms with E-state index in [-0.39, 0.29) is 11.8 Å². The van der Waals surface area contributed by atoms with E-state index in [1.807, 2.05) is 4.90 Å². The highest BCUT2D eigenvalue weighted by Gasteiger charge is 2.27. The van der Waals surface area contributed by atoms with Crippen LogP contribution >= 0.6 is 0 Å². The fourth-order valence-corrected chi connectivity index (χ4v) is 3.08. The second-order valence-electron chi connectivity index (χ2n) is 6.40. The molecule has 0 radical (unpaired) electrons. The van der Waals surface area contributed by atoms with Gasteiger partial charge in [0.2, 0.25) is 11.9 Å². The molecular formula is C19H23N5O3. The molecule has 2 aromatic rings. The van der Waals surface area contributed by atoms with Crippen LogP contribution in [0.15, 0.2) is 42.7 Å². The van der Waals surface area contributed by atoms with Gasteiger partial charge in [0, 0.05) is 43.9 Å². The zero-order valence-electron chi connectivity index (χ0n) is 15.5. The minimum Gasteiger partial charge on any atom is -0.452 e. The maximum absolute atomic E-state index is 12.7. The van der Waals surface area contributed by atoms with Gasteiger partial charge in [-0.05, 0) is 43.2 Å². The first-order valence-corrected chi connectivity index (χ1v) is 8.83. The summed E-state index contributed by atoms with van der Waals surface area (Å²) in [7, 11) is 2.96. The van der Waals surface area contributed by atoms with E-state index in [2.05, 4.69) is 20.0 Å². The Morgan fingerprint density at radius 3 is 2.59 bits per heavy atom. The molecule has 142 valence electrons. The summed E-state index contributed by atoms with van der Waals surface area (Å²) < 4.78 is 4.69. The van der Waals surface area contributed by atoms with Crippen molar-refractivity contribution in [2.24, 2.45) is 5.92 Å². The van der Waals surface area contributed by atoms with E-state index in [0.717, 1.165) is 19.4 Å². The van der Waals surface area contributed by atoms with Gasteiger partial charge < -0.3 is 15.0 Å². The molecule has 8 nitrogen and oxygen atoms in total. The first-order chi connectivity index (χ1) is 13.1. The molecule has 1 fully saturated rings. The van der Waals surface area contributed by atoms with Crippen molar-refractivity contribution in [3.63, 3.8) is 0 Å². The quantitative estimate of drug-likeness (QED) is 0.891. The lowest BCUT2D eigenvalue weighted by Gasteiger charge is -2.31. The Morgan fingerprint density at radius 1 is 1.22 bits per heavy atom. The Morgan fingerprint density at radius 2 is 1.93 bits per heavy atom. The fourth-order valence-electron chi connectivity index (χ4n) is 3.08. The van der Waals surface area contributed by atoms with Crippen LogP contribution in [0.4, 0.5) is 22.1 Å². The van der Waals surface area contributed by atoms with Crippen LogP contribution < -0.4 is 15.1 Å². The number of amides is 2. The molecule has 3 rings (SSSR count). The maximum Gasteiger partial charge on any atom is 0.413 e. The van der Waals surface area contributed by atoms with Gasteiger partial charge >= 0.3 is 6.09 Å². The standard InChI is InChI=1S/C19H23N5O3/c1-23(19(26)27-2)16-8-6-15(7-9-16)22-17(25)14-5-3-12-24(13-14)18-20-10-4-11-21-18/h4,6-11,14H,3,5,12-13H2,1-2H3,(H,22,25). The number of methoxy groups -OCH3 is 1. The van der Waals surface area contributed by atoms with Crippen LogP contribution in [-0.2, 0) is 9.53 Å². The third-order valence-corrected chi connectivity index (χ3v) is 4.60. The summed E-state index contributed by atoms with van der Waals surface area (Å²) in [5.74, 6) is 0.509. The molecule has 1 aromatic carbocycles. The van der Waals surface area contributed by atoms with Crippen molar-refractivity contribution < 1.29 is 14.3 Å². The Hall–Kier alpha value is -3.16. The van der Waals surface area contributed by atoms with Gasteiger partial charge in [0.25, 0.3) is 0 Å². The van der Waals surface area contributed by atoms with Gasteiger partial charge in [-0.2, -0.15) is 0 Å². The third-order valence-electron chi connectivity index (χ3n) is 4.60. The molecule has 8 heteroatoms. The summed E-state index contributed by atoms with van der Waals surface area (Å²) in [6.07, 6.45) is 4.72. The molecule has 1 unspecified atom stereocenters. The number of ether oxygens (including phenoxy) is 1. The predicted molar refractivity (Wildman–Crippen MR) is 103 cm³/mol. The fraction of sp³-hybridized carbons (Fsp3) is 0.368. The van der Waals surface area contributed by atoms with E-state index in [1.54, 1.807) is 49.8 Å². The zero-order chi connectivity index (χ0) is 19.2. The summed E-state index contributed by atoms with van der Waals surface area (Å²) >= 11 is 0. The Labute approximate surface area is 158 Å². The lowest BCUT2D eigenvalue weighted by Crippen LogP contribution is -2.41. The molecular weight excluding hydrogens is 346 g/mol. The number of hydrogen-bond donors (Lipinski definition) is 1. The average molecular weight is 369 g/mol. The number of nitrogens with zero attached hydrogens (tertiary/aromatic N) is 4. The molecule has 1 atom stereocenters. The van der Waals surface area contributed by atoms with Crippen LogP contribution in [0.1, 0.15) is 12.8 Å². The van der Waals surface area contributed by atoms with Gasteiger partial charge in [-0.25, -0.2) is 14.8 Å². The van der Waals surface area contributed by atoms with Crippen molar-refractivity contribution in [2.45, 2.75) is 12.8 Å². The molecule has 1 saturated heterocycles. The topological polar surface area (TPSA) is 87.7 Å². The first-order valence-electron chi connectivity index (χ1n) is 8.83. The lowest BCUT2D eigenvalue weighted by atomic mass is 9.97. The van der Waals surface area contributed by atoms with E-state index in [4.69, 9.17) is 0 Å². The van der Waals surface area contributed by atoms with Crippen molar-refractivity contribution in [1.82, 2.24) is 9.97 Å². The largest absolute Gasteiger partial charge is 0.452 e. The highest BCUT2D eigenvalue weighted by molar-refractivity contribution is 5.93. The smallest absolute Gasteiger partial charge is 0.413 e. The molecule has 0 bridgehead atoms. The second kappa shape index (κ2) is 8.48. The summed E-state index contributed by atoms with van der Waals surface area (Å²) in [6, 6.07) is 8.84. The number of piperidine rings is 1. The van der Waals surface area contributed by atoms with E-state index in [0.29, 0.717) is 23.9 Å². The van der Waals surface area contributed by atoms with Crippen LogP contribution in [-0.4, -0.2) is 49.2 Å². The molecule has 0 aliphatic carbocycles. The van der Waals surface area contributed by atoms with Crippen molar-refractivity contribution in [2.75, 3.05) is 42.4 Å². The minimum atomic E-state index is -0.447. The maximum atomic E-state index is 12.7. The third kappa shape index (κ3) is 4.52. The minimum absolute atomic E-state index is 0.0234. The first kappa shape index (κ1) is 18.6.